The lowest BCUT2D eigenvalue weighted by Crippen LogP contribution is -2.53. The van der Waals surface area contributed by atoms with Gasteiger partial charge in [-0.15, -0.1) is 0 Å². The quantitative estimate of drug-likeness (QED) is 0.193. The summed E-state index contributed by atoms with van der Waals surface area (Å²) in [6.07, 6.45) is 1.91. The van der Waals surface area contributed by atoms with Crippen molar-refractivity contribution in [1.82, 2.24) is 14.5 Å². The SMILES string of the molecule is COc1ccc(CCNC(=O)[C@H](Cc2ccccc2)N(Cc2ccc(OC)cc2)C(=O)CN(Cc2ccccc2)S(C)(=O)=O)cc1. The van der Waals surface area contributed by atoms with Crippen LogP contribution in [0, 0.1) is 0 Å². The van der Waals surface area contributed by atoms with Gasteiger partial charge in [0.1, 0.15) is 17.5 Å². The van der Waals surface area contributed by atoms with Crippen molar-refractivity contribution in [3.05, 3.63) is 131 Å². The molecule has 1 atom stereocenters. The van der Waals surface area contributed by atoms with E-state index in [4.69, 9.17) is 9.47 Å². The monoisotopic (exact) mass is 643 g/mol. The highest BCUT2D eigenvalue weighted by Crippen LogP contribution is 2.19. The van der Waals surface area contributed by atoms with Gasteiger partial charge < -0.3 is 19.7 Å². The third-order valence-electron chi connectivity index (χ3n) is 7.64. The van der Waals surface area contributed by atoms with Gasteiger partial charge in [0.2, 0.25) is 21.8 Å². The largest absolute Gasteiger partial charge is 0.497 e. The molecule has 0 aliphatic heterocycles. The molecule has 4 rings (SSSR count). The highest BCUT2D eigenvalue weighted by atomic mass is 32.2. The van der Waals surface area contributed by atoms with Crippen LogP contribution < -0.4 is 14.8 Å². The minimum Gasteiger partial charge on any atom is -0.497 e. The zero-order valence-electron chi connectivity index (χ0n) is 26.5. The van der Waals surface area contributed by atoms with Crippen LogP contribution in [0.25, 0.3) is 0 Å². The molecule has 0 radical (unpaired) electrons. The van der Waals surface area contributed by atoms with E-state index < -0.39 is 28.5 Å². The predicted molar refractivity (Wildman–Crippen MR) is 179 cm³/mol. The van der Waals surface area contributed by atoms with Crippen molar-refractivity contribution in [3.63, 3.8) is 0 Å². The lowest BCUT2D eigenvalue weighted by atomic mass is 10.0. The van der Waals surface area contributed by atoms with E-state index in [-0.39, 0.29) is 25.4 Å². The number of sulfonamides is 1. The Labute approximate surface area is 271 Å². The molecule has 46 heavy (non-hydrogen) atoms. The van der Waals surface area contributed by atoms with Crippen LogP contribution in [0.15, 0.2) is 109 Å². The average Bonchev–Trinajstić information content (AvgIpc) is 3.07. The van der Waals surface area contributed by atoms with E-state index in [1.807, 2.05) is 97.1 Å². The Balaban J connectivity index is 1.63. The number of ether oxygens (including phenoxy) is 2. The number of hydrogen-bond acceptors (Lipinski definition) is 6. The molecule has 0 saturated heterocycles. The van der Waals surface area contributed by atoms with Crippen molar-refractivity contribution < 1.29 is 27.5 Å². The summed E-state index contributed by atoms with van der Waals surface area (Å²) < 4.78 is 37.5. The minimum absolute atomic E-state index is 0.0270. The van der Waals surface area contributed by atoms with Crippen molar-refractivity contribution in [1.29, 1.82) is 0 Å². The molecule has 4 aromatic rings. The molecular formula is C36H41N3O6S. The molecule has 0 spiro atoms. The maximum atomic E-state index is 14.2. The molecule has 9 nitrogen and oxygen atoms in total. The molecule has 242 valence electrons. The van der Waals surface area contributed by atoms with Crippen molar-refractivity contribution >= 4 is 21.8 Å². The number of amides is 2. The summed E-state index contributed by atoms with van der Waals surface area (Å²) >= 11 is 0. The van der Waals surface area contributed by atoms with Crippen LogP contribution in [-0.4, -0.2) is 69.0 Å². The van der Waals surface area contributed by atoms with Crippen LogP contribution in [0.4, 0.5) is 0 Å². The van der Waals surface area contributed by atoms with Gasteiger partial charge in [-0.25, -0.2) is 8.42 Å². The Morgan fingerprint density at radius 3 is 1.72 bits per heavy atom. The maximum Gasteiger partial charge on any atom is 0.243 e. The molecule has 10 heteroatoms. The second kappa shape index (κ2) is 16.6. The van der Waals surface area contributed by atoms with Crippen LogP contribution in [0.3, 0.4) is 0 Å². The highest BCUT2D eigenvalue weighted by Gasteiger charge is 2.32. The van der Waals surface area contributed by atoms with Gasteiger partial charge in [-0.1, -0.05) is 84.9 Å². The molecule has 4 aromatic carbocycles. The predicted octanol–water partition coefficient (Wildman–Crippen LogP) is 4.46. The average molecular weight is 644 g/mol. The summed E-state index contributed by atoms with van der Waals surface area (Å²) in [5.41, 5.74) is 3.41. The van der Waals surface area contributed by atoms with E-state index in [0.29, 0.717) is 18.7 Å². The summed E-state index contributed by atoms with van der Waals surface area (Å²) in [4.78, 5) is 29.7. The van der Waals surface area contributed by atoms with Gasteiger partial charge in [0, 0.05) is 26.1 Å². The number of hydrogen-bond donors (Lipinski definition) is 1. The maximum absolute atomic E-state index is 14.2. The van der Waals surface area contributed by atoms with Crippen molar-refractivity contribution in [3.8, 4) is 11.5 Å². The van der Waals surface area contributed by atoms with Gasteiger partial charge in [-0.2, -0.15) is 4.31 Å². The number of carbonyl (C=O) groups is 2. The molecule has 0 fully saturated rings. The molecule has 0 aromatic heterocycles. The van der Waals surface area contributed by atoms with Gasteiger partial charge in [-0.05, 0) is 52.9 Å². The molecule has 0 aliphatic rings. The Hall–Kier alpha value is -4.67. The Morgan fingerprint density at radius 2 is 1.20 bits per heavy atom. The number of carbonyl (C=O) groups excluding carboxylic acids is 2. The lowest BCUT2D eigenvalue weighted by Gasteiger charge is -2.33. The number of methoxy groups -OCH3 is 2. The Morgan fingerprint density at radius 1 is 0.696 bits per heavy atom. The number of benzene rings is 4. The zero-order chi connectivity index (χ0) is 32.9. The smallest absolute Gasteiger partial charge is 0.243 e. The standard InChI is InChI=1S/C36H41N3O6S/c1-44-32-18-14-28(15-19-32)22-23-37-36(41)34(24-29-10-6-4-7-11-29)39(26-31-16-20-33(45-2)21-17-31)35(40)27-38(46(3,42)43)25-30-12-8-5-9-13-30/h4-21,34H,22-27H2,1-3H3,(H,37,41)/t34-/m0/s1. The van der Waals surface area contributed by atoms with E-state index >= 15 is 0 Å². The van der Waals surface area contributed by atoms with Crippen molar-refractivity contribution in [2.45, 2.75) is 32.0 Å². The zero-order valence-corrected chi connectivity index (χ0v) is 27.3. The highest BCUT2D eigenvalue weighted by molar-refractivity contribution is 7.88. The second-order valence-electron chi connectivity index (χ2n) is 11.0. The molecule has 0 heterocycles. The summed E-state index contributed by atoms with van der Waals surface area (Å²) in [7, 11) is -0.586. The third kappa shape index (κ3) is 10.2. The molecule has 1 N–H and O–H groups in total. The topological polar surface area (TPSA) is 105 Å². The first-order valence-corrected chi connectivity index (χ1v) is 16.9. The van der Waals surface area contributed by atoms with Gasteiger partial charge in [0.25, 0.3) is 0 Å². The minimum atomic E-state index is -3.77. The third-order valence-corrected chi connectivity index (χ3v) is 8.83. The second-order valence-corrected chi connectivity index (χ2v) is 13.0. The Bertz CT molecular complexity index is 1650. The van der Waals surface area contributed by atoms with Gasteiger partial charge in [-0.3, -0.25) is 9.59 Å². The van der Waals surface area contributed by atoms with Crippen LogP contribution in [-0.2, 0) is 45.5 Å². The van der Waals surface area contributed by atoms with Crippen LogP contribution >= 0.6 is 0 Å². The molecule has 0 saturated carbocycles. The summed E-state index contributed by atoms with van der Waals surface area (Å²) in [5, 5.41) is 3.03. The molecule has 0 aliphatic carbocycles. The summed E-state index contributed by atoms with van der Waals surface area (Å²) in [6.45, 7) is 0.0488. The van der Waals surface area contributed by atoms with E-state index in [1.165, 1.54) is 4.90 Å². The van der Waals surface area contributed by atoms with Gasteiger partial charge >= 0.3 is 0 Å². The molecule has 0 unspecified atom stereocenters. The summed E-state index contributed by atoms with van der Waals surface area (Å²) in [6, 6.07) is 32.5. The number of nitrogens with one attached hydrogen (secondary N) is 1. The van der Waals surface area contributed by atoms with E-state index in [0.717, 1.165) is 38.6 Å². The molecular weight excluding hydrogens is 602 g/mol. The lowest BCUT2D eigenvalue weighted by molar-refractivity contribution is -0.141. The van der Waals surface area contributed by atoms with Gasteiger partial charge in [0.15, 0.2) is 0 Å². The molecule has 2 amide bonds. The van der Waals surface area contributed by atoms with Crippen molar-refractivity contribution in [2.24, 2.45) is 0 Å². The van der Waals surface area contributed by atoms with Crippen LogP contribution in [0.5, 0.6) is 11.5 Å². The first kappa shape index (κ1) is 34.2. The summed E-state index contributed by atoms with van der Waals surface area (Å²) in [5.74, 6) is 0.597. The first-order valence-electron chi connectivity index (χ1n) is 15.0. The number of rotatable bonds is 16. The van der Waals surface area contributed by atoms with Crippen molar-refractivity contribution in [2.75, 3.05) is 33.6 Å². The fourth-order valence-electron chi connectivity index (χ4n) is 5.04. The van der Waals surface area contributed by atoms with Crippen LogP contribution in [0.1, 0.15) is 22.3 Å². The Kier molecular flexibility index (Phi) is 12.3. The number of nitrogens with zero attached hydrogens (tertiary/aromatic N) is 2. The fraction of sp³-hybridized carbons (Fsp3) is 0.278. The van der Waals surface area contributed by atoms with Gasteiger partial charge in [0.05, 0.1) is 27.0 Å². The van der Waals surface area contributed by atoms with Crippen LogP contribution in [0.2, 0.25) is 0 Å². The van der Waals surface area contributed by atoms with E-state index in [1.54, 1.807) is 26.4 Å². The normalized spacial score (nSPS) is 11.9. The first-order chi connectivity index (χ1) is 22.2. The fourth-order valence-corrected chi connectivity index (χ4v) is 5.77. The van der Waals surface area contributed by atoms with E-state index in [9.17, 15) is 18.0 Å². The molecule has 0 bridgehead atoms. The van der Waals surface area contributed by atoms with E-state index in [2.05, 4.69) is 5.32 Å².